The summed E-state index contributed by atoms with van der Waals surface area (Å²) in [6.07, 6.45) is 5.00. The summed E-state index contributed by atoms with van der Waals surface area (Å²) < 4.78 is 0. The highest BCUT2D eigenvalue weighted by molar-refractivity contribution is 6.04. The third kappa shape index (κ3) is 2.09. The fraction of sp³-hybridized carbons (Fsp3) is 0.182. The normalized spacial score (nSPS) is 9.00. The Kier molecular flexibility index (Phi) is 2.71. The number of rotatable bonds is 1. The number of benzene rings is 1. The summed E-state index contributed by atoms with van der Waals surface area (Å²) in [7, 11) is 1.66. The van der Waals surface area contributed by atoms with Crippen molar-refractivity contribution in [1.82, 2.24) is 0 Å². The van der Waals surface area contributed by atoms with E-state index in [0.717, 1.165) is 11.3 Å². The number of amides is 1. The first-order chi connectivity index (χ1) is 6.15. The predicted molar refractivity (Wildman–Crippen MR) is 53.4 cm³/mol. The van der Waals surface area contributed by atoms with Crippen LogP contribution in [0.3, 0.4) is 0 Å². The van der Waals surface area contributed by atoms with Gasteiger partial charge in [-0.3, -0.25) is 4.79 Å². The highest BCUT2D eigenvalue weighted by Crippen LogP contribution is 2.12. The standard InChI is InChI=1S/C11H11NO/c1-4-11(13)12(3)10-7-5-9(2)6-8-10/h1,5-8H,2-3H3. The van der Waals surface area contributed by atoms with Crippen LogP contribution >= 0.6 is 0 Å². The van der Waals surface area contributed by atoms with Crippen molar-refractivity contribution in [2.75, 3.05) is 11.9 Å². The van der Waals surface area contributed by atoms with Crippen molar-refractivity contribution in [3.63, 3.8) is 0 Å². The largest absolute Gasteiger partial charge is 0.305 e. The van der Waals surface area contributed by atoms with Gasteiger partial charge in [-0.25, -0.2) is 0 Å². The molecular formula is C11H11NO. The van der Waals surface area contributed by atoms with E-state index in [4.69, 9.17) is 6.42 Å². The highest BCUT2D eigenvalue weighted by atomic mass is 16.2. The Bertz CT molecular complexity index is 345. The third-order valence-corrected chi connectivity index (χ3v) is 1.85. The average Bonchev–Trinajstić information content (AvgIpc) is 2.17. The molecular weight excluding hydrogens is 162 g/mol. The van der Waals surface area contributed by atoms with E-state index in [0.29, 0.717) is 0 Å². The molecule has 1 rings (SSSR count). The van der Waals surface area contributed by atoms with Crippen LogP contribution in [0.25, 0.3) is 0 Å². The van der Waals surface area contributed by atoms with E-state index in [2.05, 4.69) is 5.92 Å². The molecule has 66 valence electrons. The van der Waals surface area contributed by atoms with Crippen LogP contribution in [-0.2, 0) is 4.79 Å². The zero-order valence-corrected chi connectivity index (χ0v) is 7.74. The first kappa shape index (κ1) is 9.34. The summed E-state index contributed by atoms with van der Waals surface area (Å²) in [5, 5.41) is 0. The van der Waals surface area contributed by atoms with E-state index in [-0.39, 0.29) is 5.91 Å². The molecule has 0 aliphatic rings. The summed E-state index contributed by atoms with van der Waals surface area (Å²) in [5.41, 5.74) is 1.97. The van der Waals surface area contributed by atoms with Crippen LogP contribution in [0.1, 0.15) is 5.56 Å². The molecule has 2 heteroatoms. The van der Waals surface area contributed by atoms with E-state index in [1.54, 1.807) is 7.05 Å². The van der Waals surface area contributed by atoms with Crippen LogP contribution in [0.2, 0.25) is 0 Å². The summed E-state index contributed by atoms with van der Waals surface area (Å²) in [6, 6.07) is 7.61. The van der Waals surface area contributed by atoms with Crippen molar-refractivity contribution in [2.24, 2.45) is 0 Å². The van der Waals surface area contributed by atoms with E-state index in [1.165, 1.54) is 4.90 Å². The molecule has 0 unspecified atom stereocenters. The van der Waals surface area contributed by atoms with Crippen LogP contribution in [0.15, 0.2) is 24.3 Å². The zero-order valence-electron chi connectivity index (χ0n) is 7.74. The molecule has 0 N–H and O–H groups in total. The van der Waals surface area contributed by atoms with E-state index in [9.17, 15) is 4.79 Å². The monoisotopic (exact) mass is 173 g/mol. The van der Waals surface area contributed by atoms with Crippen LogP contribution in [-0.4, -0.2) is 13.0 Å². The molecule has 2 nitrogen and oxygen atoms in total. The van der Waals surface area contributed by atoms with E-state index < -0.39 is 0 Å². The molecule has 0 radical (unpaired) electrons. The minimum absolute atomic E-state index is 0.330. The maximum Gasteiger partial charge on any atom is 0.302 e. The Balaban J connectivity index is 2.91. The fourth-order valence-corrected chi connectivity index (χ4v) is 0.982. The number of anilines is 1. The second kappa shape index (κ2) is 3.77. The van der Waals surface area contributed by atoms with Gasteiger partial charge in [0.2, 0.25) is 0 Å². The van der Waals surface area contributed by atoms with Gasteiger partial charge >= 0.3 is 5.91 Å². The quantitative estimate of drug-likeness (QED) is 0.590. The second-order valence-electron chi connectivity index (χ2n) is 2.84. The SMILES string of the molecule is C#CC(=O)N(C)c1ccc(C)cc1. The van der Waals surface area contributed by atoms with Gasteiger partial charge in [0.25, 0.3) is 0 Å². The maximum atomic E-state index is 11.1. The zero-order chi connectivity index (χ0) is 9.84. The van der Waals surface area contributed by atoms with Gasteiger partial charge in [-0.1, -0.05) is 17.7 Å². The third-order valence-electron chi connectivity index (χ3n) is 1.85. The van der Waals surface area contributed by atoms with E-state index in [1.807, 2.05) is 31.2 Å². The van der Waals surface area contributed by atoms with Crippen LogP contribution in [0.4, 0.5) is 5.69 Å². The molecule has 0 aliphatic carbocycles. The predicted octanol–water partition coefficient (Wildman–Crippen LogP) is 1.59. The fourth-order valence-electron chi connectivity index (χ4n) is 0.982. The molecule has 0 heterocycles. The number of aryl methyl sites for hydroxylation is 1. The number of carbonyl (C=O) groups is 1. The lowest BCUT2D eigenvalue weighted by Crippen LogP contribution is -2.24. The molecule has 0 saturated heterocycles. The topological polar surface area (TPSA) is 20.3 Å². The molecule has 0 aliphatic heterocycles. The Morgan fingerprint density at radius 2 is 1.92 bits per heavy atom. The molecule has 0 atom stereocenters. The van der Waals surface area contributed by atoms with Crippen molar-refractivity contribution in [3.8, 4) is 12.3 Å². The van der Waals surface area contributed by atoms with Crippen molar-refractivity contribution in [3.05, 3.63) is 29.8 Å². The van der Waals surface area contributed by atoms with E-state index >= 15 is 0 Å². The number of carbonyl (C=O) groups excluding carboxylic acids is 1. The van der Waals surface area contributed by atoms with Crippen molar-refractivity contribution in [2.45, 2.75) is 6.92 Å². The van der Waals surface area contributed by atoms with Crippen LogP contribution in [0, 0.1) is 19.3 Å². The molecule has 0 spiro atoms. The number of terminal acetylenes is 1. The van der Waals surface area contributed by atoms with Gasteiger partial charge in [0.05, 0.1) is 0 Å². The number of nitrogens with zero attached hydrogens (tertiary/aromatic N) is 1. The molecule has 0 fully saturated rings. The van der Waals surface area contributed by atoms with Gasteiger partial charge in [-0.05, 0) is 25.0 Å². The second-order valence-corrected chi connectivity index (χ2v) is 2.84. The van der Waals surface area contributed by atoms with Gasteiger partial charge in [-0.15, -0.1) is 6.42 Å². The summed E-state index contributed by atoms with van der Waals surface area (Å²) in [5.74, 6) is 1.74. The molecule has 0 aromatic heterocycles. The van der Waals surface area contributed by atoms with Crippen molar-refractivity contribution >= 4 is 11.6 Å². The Hall–Kier alpha value is -1.75. The first-order valence-corrected chi connectivity index (χ1v) is 3.96. The maximum absolute atomic E-state index is 11.1. The average molecular weight is 173 g/mol. The van der Waals surface area contributed by atoms with Crippen molar-refractivity contribution in [1.29, 1.82) is 0 Å². The molecule has 1 aromatic rings. The number of hydrogen-bond donors (Lipinski definition) is 0. The Morgan fingerprint density at radius 3 is 2.38 bits per heavy atom. The highest BCUT2D eigenvalue weighted by Gasteiger charge is 2.06. The van der Waals surface area contributed by atoms with Gasteiger partial charge < -0.3 is 4.90 Å². The lowest BCUT2D eigenvalue weighted by Gasteiger charge is -2.13. The summed E-state index contributed by atoms with van der Waals surface area (Å²) >= 11 is 0. The van der Waals surface area contributed by atoms with Crippen molar-refractivity contribution < 1.29 is 4.79 Å². The smallest absolute Gasteiger partial charge is 0.302 e. The van der Waals surface area contributed by atoms with Gasteiger partial charge in [-0.2, -0.15) is 0 Å². The minimum Gasteiger partial charge on any atom is -0.305 e. The first-order valence-electron chi connectivity index (χ1n) is 3.96. The molecule has 0 saturated carbocycles. The Morgan fingerprint density at radius 1 is 1.38 bits per heavy atom. The lowest BCUT2D eigenvalue weighted by atomic mass is 10.2. The number of hydrogen-bond acceptors (Lipinski definition) is 1. The van der Waals surface area contributed by atoms with Gasteiger partial charge in [0.15, 0.2) is 0 Å². The minimum atomic E-state index is -0.330. The summed E-state index contributed by atoms with van der Waals surface area (Å²) in [4.78, 5) is 12.5. The molecule has 1 amide bonds. The van der Waals surface area contributed by atoms with Crippen LogP contribution < -0.4 is 4.90 Å². The summed E-state index contributed by atoms with van der Waals surface area (Å²) in [6.45, 7) is 1.99. The van der Waals surface area contributed by atoms with Gasteiger partial charge in [0.1, 0.15) is 0 Å². The molecule has 0 bridgehead atoms. The Labute approximate surface area is 78.2 Å². The molecule has 13 heavy (non-hydrogen) atoms. The molecule has 1 aromatic carbocycles. The van der Waals surface area contributed by atoms with Gasteiger partial charge in [0, 0.05) is 12.7 Å². The van der Waals surface area contributed by atoms with Crippen LogP contribution in [0.5, 0.6) is 0 Å². The lowest BCUT2D eigenvalue weighted by molar-refractivity contribution is -0.113.